The summed E-state index contributed by atoms with van der Waals surface area (Å²) in [6, 6.07) is 8.20. The first-order valence-corrected chi connectivity index (χ1v) is 14.9. The van der Waals surface area contributed by atoms with Gasteiger partial charge in [-0.1, -0.05) is 31.2 Å². The fourth-order valence-electron chi connectivity index (χ4n) is 5.01. The number of rotatable bonds is 13. The minimum absolute atomic E-state index is 0.122. The van der Waals surface area contributed by atoms with Gasteiger partial charge < -0.3 is 24.6 Å². The van der Waals surface area contributed by atoms with E-state index < -0.39 is 12.0 Å². The number of carboxylic acids is 1. The van der Waals surface area contributed by atoms with Crippen LogP contribution in [0.1, 0.15) is 43.3 Å². The first-order chi connectivity index (χ1) is 20.2. The van der Waals surface area contributed by atoms with E-state index in [9.17, 15) is 14.7 Å². The molecule has 0 fully saturated rings. The molecule has 3 heterocycles. The summed E-state index contributed by atoms with van der Waals surface area (Å²) in [7, 11) is 1.54. The molecule has 0 aliphatic carbocycles. The standard InChI is InChI=1S/C31H38N6O4S/c1-7-15-37-16-14-25(41-6)27(29(37)38)22-12-10-21(11-13-22)17-24(30(39)40)33-28-23(26-19(4)35-42-20(26)5)18-32-31(34-28)36(8-2)9-3/h10-14,16,18,24H,7-9,15,17H2,1-6H3,(H,39,40)(H,32,33,34)/t24-/m0/s1. The lowest BCUT2D eigenvalue weighted by atomic mass is 10.00. The number of nitrogens with zero attached hydrogens (tertiary/aromatic N) is 5. The van der Waals surface area contributed by atoms with Gasteiger partial charge in [-0.3, -0.25) is 4.79 Å². The van der Waals surface area contributed by atoms with Gasteiger partial charge in [0.15, 0.2) is 0 Å². The van der Waals surface area contributed by atoms with E-state index >= 15 is 0 Å². The number of pyridine rings is 1. The zero-order chi connectivity index (χ0) is 30.4. The van der Waals surface area contributed by atoms with Crippen LogP contribution in [0.5, 0.6) is 5.75 Å². The summed E-state index contributed by atoms with van der Waals surface area (Å²) in [5, 5.41) is 13.4. The SMILES string of the molecule is CCCn1ccc(OC)c(-c2ccc(C[C@H](Nc3nc(N(CC)CC)ncc3-c3c(C)nsc3C)C(=O)O)cc2)c1=O. The molecule has 0 spiro atoms. The number of hydrogen-bond acceptors (Lipinski definition) is 9. The van der Waals surface area contributed by atoms with E-state index in [-0.39, 0.29) is 12.0 Å². The van der Waals surface area contributed by atoms with Crippen LogP contribution in [0.4, 0.5) is 11.8 Å². The van der Waals surface area contributed by atoms with E-state index in [1.54, 1.807) is 30.1 Å². The van der Waals surface area contributed by atoms with E-state index in [2.05, 4.69) is 14.7 Å². The number of hydrogen-bond donors (Lipinski definition) is 2. The fourth-order valence-corrected chi connectivity index (χ4v) is 5.72. The van der Waals surface area contributed by atoms with Crippen molar-refractivity contribution in [3.05, 3.63) is 69.2 Å². The number of benzene rings is 1. The summed E-state index contributed by atoms with van der Waals surface area (Å²) in [5.41, 5.74) is 4.34. The van der Waals surface area contributed by atoms with Gasteiger partial charge in [0.05, 0.1) is 18.4 Å². The molecule has 0 saturated carbocycles. The van der Waals surface area contributed by atoms with Crippen LogP contribution in [-0.2, 0) is 17.8 Å². The Hall–Kier alpha value is -4.25. The van der Waals surface area contributed by atoms with E-state index in [0.717, 1.165) is 46.8 Å². The maximum Gasteiger partial charge on any atom is 0.326 e. The quantitative estimate of drug-likeness (QED) is 0.210. The van der Waals surface area contributed by atoms with E-state index in [1.807, 2.05) is 63.8 Å². The van der Waals surface area contributed by atoms with Gasteiger partial charge in [-0.05, 0) is 62.8 Å². The highest BCUT2D eigenvalue weighted by Gasteiger charge is 2.24. The number of anilines is 2. The van der Waals surface area contributed by atoms with Crippen molar-refractivity contribution in [3.63, 3.8) is 0 Å². The lowest BCUT2D eigenvalue weighted by molar-refractivity contribution is -0.137. The van der Waals surface area contributed by atoms with Gasteiger partial charge in [-0.2, -0.15) is 9.36 Å². The monoisotopic (exact) mass is 590 g/mol. The average molecular weight is 591 g/mol. The van der Waals surface area contributed by atoms with Gasteiger partial charge in [-0.25, -0.2) is 9.78 Å². The minimum atomic E-state index is -1.00. The van der Waals surface area contributed by atoms with Crippen molar-refractivity contribution in [2.24, 2.45) is 0 Å². The van der Waals surface area contributed by atoms with Crippen LogP contribution >= 0.6 is 11.5 Å². The van der Waals surface area contributed by atoms with Crippen molar-refractivity contribution >= 4 is 29.3 Å². The molecular weight excluding hydrogens is 552 g/mol. The third-order valence-electron chi connectivity index (χ3n) is 7.23. The molecule has 11 heteroatoms. The molecule has 0 bridgehead atoms. The third-order valence-corrected chi connectivity index (χ3v) is 8.07. The smallest absolute Gasteiger partial charge is 0.326 e. The Balaban J connectivity index is 1.67. The molecule has 0 aliphatic heterocycles. The number of aromatic nitrogens is 4. The Morgan fingerprint density at radius 3 is 2.40 bits per heavy atom. The van der Waals surface area contributed by atoms with Gasteiger partial charge in [0.1, 0.15) is 17.6 Å². The Kier molecular flexibility index (Phi) is 9.95. The topological polar surface area (TPSA) is 122 Å². The number of aryl methyl sites for hydroxylation is 3. The van der Waals surface area contributed by atoms with Crippen molar-refractivity contribution in [1.29, 1.82) is 0 Å². The molecule has 1 atom stereocenters. The fraction of sp³-hybridized carbons (Fsp3) is 0.387. The lowest BCUT2D eigenvalue weighted by Crippen LogP contribution is -2.33. The molecule has 4 aromatic rings. The predicted molar refractivity (Wildman–Crippen MR) is 168 cm³/mol. The summed E-state index contributed by atoms with van der Waals surface area (Å²) in [5.74, 6) is 0.479. The summed E-state index contributed by atoms with van der Waals surface area (Å²) < 4.78 is 11.6. The number of ether oxygens (including phenoxy) is 1. The first kappa shape index (κ1) is 30.7. The number of nitrogens with one attached hydrogen (secondary N) is 1. The van der Waals surface area contributed by atoms with Crippen LogP contribution in [0, 0.1) is 13.8 Å². The van der Waals surface area contributed by atoms with E-state index in [0.29, 0.717) is 35.2 Å². The third kappa shape index (κ3) is 6.46. The molecule has 10 nitrogen and oxygen atoms in total. The van der Waals surface area contributed by atoms with Crippen molar-refractivity contribution in [2.75, 3.05) is 30.4 Å². The van der Waals surface area contributed by atoms with Gasteiger partial charge in [0.25, 0.3) is 5.56 Å². The molecule has 3 aromatic heterocycles. The van der Waals surface area contributed by atoms with Crippen LogP contribution in [0.25, 0.3) is 22.3 Å². The highest BCUT2D eigenvalue weighted by molar-refractivity contribution is 7.06. The Bertz CT molecular complexity index is 1570. The molecule has 222 valence electrons. The largest absolute Gasteiger partial charge is 0.496 e. The zero-order valence-corrected chi connectivity index (χ0v) is 25.8. The number of carbonyl (C=O) groups is 1. The van der Waals surface area contributed by atoms with Crippen molar-refractivity contribution in [3.8, 4) is 28.0 Å². The average Bonchev–Trinajstić information content (AvgIpc) is 3.32. The zero-order valence-electron chi connectivity index (χ0n) is 25.0. The summed E-state index contributed by atoms with van der Waals surface area (Å²) in [6.07, 6.45) is 4.53. The molecule has 0 saturated heterocycles. The van der Waals surface area contributed by atoms with Gasteiger partial charge in [-0.15, -0.1) is 0 Å². The summed E-state index contributed by atoms with van der Waals surface area (Å²) >= 11 is 1.40. The molecule has 1 aromatic carbocycles. The summed E-state index contributed by atoms with van der Waals surface area (Å²) in [6.45, 7) is 12.0. The van der Waals surface area contributed by atoms with Crippen LogP contribution in [-0.4, -0.2) is 56.2 Å². The second kappa shape index (κ2) is 13.6. The molecule has 0 radical (unpaired) electrons. The number of carboxylic acid groups (broad SMARTS) is 1. The van der Waals surface area contributed by atoms with Crippen LogP contribution in [0.15, 0.2) is 47.5 Å². The van der Waals surface area contributed by atoms with Crippen molar-refractivity contribution < 1.29 is 14.6 Å². The van der Waals surface area contributed by atoms with Crippen molar-refractivity contribution in [2.45, 2.75) is 60.0 Å². The highest BCUT2D eigenvalue weighted by Crippen LogP contribution is 2.35. The predicted octanol–water partition coefficient (Wildman–Crippen LogP) is 5.42. The lowest BCUT2D eigenvalue weighted by Gasteiger charge is -2.22. The molecular formula is C31H38N6O4S. The molecule has 0 amide bonds. The van der Waals surface area contributed by atoms with Crippen molar-refractivity contribution in [1.82, 2.24) is 18.9 Å². The van der Waals surface area contributed by atoms with Gasteiger partial charge in [0, 0.05) is 54.5 Å². The second-order valence-corrected chi connectivity index (χ2v) is 11.0. The van der Waals surface area contributed by atoms with Crippen LogP contribution in [0.3, 0.4) is 0 Å². The highest BCUT2D eigenvalue weighted by atomic mass is 32.1. The Labute approximate surface area is 250 Å². The summed E-state index contributed by atoms with van der Waals surface area (Å²) in [4.78, 5) is 38.1. The minimum Gasteiger partial charge on any atom is -0.496 e. The van der Waals surface area contributed by atoms with Crippen LogP contribution < -0.4 is 20.5 Å². The molecule has 0 aliphatic rings. The van der Waals surface area contributed by atoms with E-state index in [1.165, 1.54) is 11.5 Å². The second-order valence-electron chi connectivity index (χ2n) is 10.00. The molecule has 42 heavy (non-hydrogen) atoms. The first-order valence-electron chi connectivity index (χ1n) is 14.1. The van der Waals surface area contributed by atoms with E-state index in [4.69, 9.17) is 9.72 Å². The van der Waals surface area contributed by atoms with Gasteiger partial charge >= 0.3 is 5.97 Å². The van der Waals surface area contributed by atoms with Crippen LogP contribution in [0.2, 0.25) is 0 Å². The maximum absolute atomic E-state index is 13.2. The molecule has 0 unspecified atom stereocenters. The normalized spacial score (nSPS) is 11.8. The Morgan fingerprint density at radius 2 is 1.83 bits per heavy atom. The molecule has 4 rings (SSSR count). The van der Waals surface area contributed by atoms with Gasteiger partial charge in [0.2, 0.25) is 5.95 Å². The Morgan fingerprint density at radius 1 is 1.12 bits per heavy atom. The maximum atomic E-state index is 13.2. The number of aliphatic carboxylic acids is 1. The molecule has 2 N–H and O–H groups in total. The number of methoxy groups -OCH3 is 1.